The molecule has 6 aromatic carbocycles. The highest BCUT2D eigenvalue weighted by atomic mass is 16.5. The van der Waals surface area contributed by atoms with E-state index in [1.165, 1.54) is 11.1 Å². The van der Waals surface area contributed by atoms with Gasteiger partial charge in [-0.1, -0.05) is 84.9 Å². The van der Waals surface area contributed by atoms with E-state index in [2.05, 4.69) is 34.9 Å². The number of hydrogen-bond acceptors (Lipinski definition) is 8. The van der Waals surface area contributed by atoms with Crippen LogP contribution < -0.4 is 39.1 Å². The third-order valence-corrected chi connectivity index (χ3v) is 10.6. The molecule has 0 unspecified atom stereocenters. The zero-order valence-corrected chi connectivity index (χ0v) is 36.5. The first-order valence-electron chi connectivity index (χ1n) is 20.6. The van der Waals surface area contributed by atoms with Crippen molar-refractivity contribution in [1.82, 2.24) is 10.6 Å². The SMILES string of the molecule is COc1ccc([C@@H](CC(=O)NCc2ccc(OC)cc2OC)Cc2ccccc2)cc1.COc1ccc([C@H](CC(=O)NCc2ccc(OC)cc2OC)Cc2ccccc2)cc1. The second kappa shape index (κ2) is 24.3. The summed E-state index contributed by atoms with van der Waals surface area (Å²) in [4.78, 5) is 25.7. The summed E-state index contributed by atoms with van der Waals surface area (Å²) in [6.45, 7) is 0.791. The summed E-state index contributed by atoms with van der Waals surface area (Å²) >= 11 is 0. The Balaban J connectivity index is 0.000000234. The van der Waals surface area contributed by atoms with E-state index < -0.39 is 0 Å². The maximum Gasteiger partial charge on any atom is 0.220 e. The first-order chi connectivity index (χ1) is 30.2. The van der Waals surface area contributed by atoms with Crippen LogP contribution in [0.25, 0.3) is 0 Å². The Hall–Kier alpha value is -6.94. The first kappa shape index (κ1) is 46.1. The standard InChI is InChI=1S/2C26H29NO4/c2*1-29-23-12-9-20(10-13-23)22(15-19-7-5-4-6-8-19)16-26(28)27-18-21-11-14-24(30-2)17-25(21)31-3/h2*4-14,17,22H,15-16,18H2,1-3H3,(H,27,28)/t2*22-/m10/s1. The van der Waals surface area contributed by atoms with Gasteiger partial charge in [0.15, 0.2) is 0 Å². The topological polar surface area (TPSA) is 114 Å². The molecule has 2 N–H and O–H groups in total. The van der Waals surface area contributed by atoms with Crippen LogP contribution >= 0.6 is 0 Å². The fourth-order valence-corrected chi connectivity index (χ4v) is 7.14. The largest absolute Gasteiger partial charge is 0.497 e. The van der Waals surface area contributed by atoms with E-state index in [0.717, 1.165) is 46.6 Å². The minimum Gasteiger partial charge on any atom is -0.497 e. The van der Waals surface area contributed by atoms with Crippen molar-refractivity contribution in [3.63, 3.8) is 0 Å². The Kier molecular flexibility index (Phi) is 18.1. The average Bonchev–Trinajstić information content (AvgIpc) is 3.33. The third-order valence-electron chi connectivity index (χ3n) is 10.6. The molecular formula is C52H58N2O8. The lowest BCUT2D eigenvalue weighted by molar-refractivity contribution is -0.122. The molecule has 0 aliphatic carbocycles. The van der Waals surface area contributed by atoms with Crippen LogP contribution in [0.1, 0.15) is 58.1 Å². The molecule has 6 rings (SSSR count). The number of hydrogen-bond donors (Lipinski definition) is 2. The predicted molar refractivity (Wildman–Crippen MR) is 244 cm³/mol. The molecular weight excluding hydrogens is 781 g/mol. The maximum absolute atomic E-state index is 12.8. The van der Waals surface area contributed by atoms with Crippen molar-refractivity contribution >= 4 is 11.8 Å². The van der Waals surface area contributed by atoms with Gasteiger partial charge in [0.05, 0.1) is 42.7 Å². The molecule has 0 saturated heterocycles. The molecule has 0 bridgehead atoms. The first-order valence-corrected chi connectivity index (χ1v) is 20.6. The molecule has 0 radical (unpaired) electrons. The Labute approximate surface area is 366 Å². The van der Waals surface area contributed by atoms with Gasteiger partial charge in [-0.05, 0) is 95.5 Å². The normalized spacial score (nSPS) is 11.5. The third kappa shape index (κ3) is 14.1. The molecule has 10 nitrogen and oxygen atoms in total. The highest BCUT2D eigenvalue weighted by Crippen LogP contribution is 2.30. The summed E-state index contributed by atoms with van der Waals surface area (Å²) in [6.07, 6.45) is 2.35. The monoisotopic (exact) mass is 838 g/mol. The van der Waals surface area contributed by atoms with Crippen LogP contribution in [0, 0.1) is 0 Å². The van der Waals surface area contributed by atoms with Gasteiger partial charge >= 0.3 is 0 Å². The average molecular weight is 839 g/mol. The summed E-state index contributed by atoms with van der Waals surface area (Å²) in [5, 5.41) is 6.07. The molecule has 0 spiro atoms. The number of rotatable bonds is 20. The van der Waals surface area contributed by atoms with Crippen LogP contribution in [0.2, 0.25) is 0 Å². The van der Waals surface area contributed by atoms with E-state index in [9.17, 15) is 9.59 Å². The van der Waals surface area contributed by atoms with Crippen molar-refractivity contribution in [2.45, 2.75) is 50.6 Å². The van der Waals surface area contributed by atoms with Crippen LogP contribution in [0.5, 0.6) is 34.5 Å². The zero-order chi connectivity index (χ0) is 44.1. The van der Waals surface area contributed by atoms with Gasteiger partial charge in [-0.25, -0.2) is 0 Å². The lowest BCUT2D eigenvalue weighted by Crippen LogP contribution is -2.25. The Morgan fingerprint density at radius 1 is 0.419 bits per heavy atom. The van der Waals surface area contributed by atoms with Crippen LogP contribution in [-0.2, 0) is 35.5 Å². The molecule has 10 heteroatoms. The van der Waals surface area contributed by atoms with Gasteiger partial charge in [0, 0.05) is 49.2 Å². The fourth-order valence-electron chi connectivity index (χ4n) is 7.14. The van der Waals surface area contributed by atoms with Gasteiger partial charge < -0.3 is 39.1 Å². The predicted octanol–water partition coefficient (Wildman–Crippen LogP) is 9.49. The van der Waals surface area contributed by atoms with E-state index in [0.29, 0.717) is 48.9 Å². The van der Waals surface area contributed by atoms with Crippen LogP contribution in [-0.4, -0.2) is 54.5 Å². The zero-order valence-electron chi connectivity index (χ0n) is 36.5. The quantitative estimate of drug-likeness (QED) is 0.0782. The number of benzene rings is 6. The lowest BCUT2D eigenvalue weighted by atomic mass is 9.89. The summed E-state index contributed by atoms with van der Waals surface area (Å²) in [5.74, 6) is 4.54. The molecule has 324 valence electrons. The van der Waals surface area contributed by atoms with Crippen LogP contribution in [0.15, 0.2) is 146 Å². The van der Waals surface area contributed by atoms with E-state index in [1.54, 1.807) is 42.7 Å². The van der Waals surface area contributed by atoms with Crippen molar-refractivity contribution < 1.29 is 38.0 Å². The van der Waals surface area contributed by atoms with Crippen molar-refractivity contribution in [3.05, 3.63) is 179 Å². The number of methoxy groups -OCH3 is 6. The van der Waals surface area contributed by atoms with Crippen LogP contribution in [0.4, 0.5) is 0 Å². The molecule has 2 amide bonds. The van der Waals surface area contributed by atoms with Crippen LogP contribution in [0.3, 0.4) is 0 Å². The smallest absolute Gasteiger partial charge is 0.220 e. The fraction of sp³-hybridized carbons (Fsp3) is 0.269. The lowest BCUT2D eigenvalue weighted by Gasteiger charge is -2.18. The molecule has 0 saturated carbocycles. The Morgan fingerprint density at radius 3 is 1.08 bits per heavy atom. The van der Waals surface area contributed by atoms with Gasteiger partial charge in [-0.2, -0.15) is 0 Å². The van der Waals surface area contributed by atoms with Crippen molar-refractivity contribution in [1.29, 1.82) is 0 Å². The highest BCUT2D eigenvalue weighted by molar-refractivity contribution is 5.77. The minimum atomic E-state index is -0.00498. The number of amides is 2. The second-order valence-corrected chi connectivity index (χ2v) is 14.6. The molecule has 6 aromatic rings. The summed E-state index contributed by atoms with van der Waals surface area (Å²) in [5.41, 5.74) is 6.44. The number of carbonyl (C=O) groups is 2. The number of ether oxygens (including phenoxy) is 6. The second-order valence-electron chi connectivity index (χ2n) is 14.6. The summed E-state index contributed by atoms with van der Waals surface area (Å²) in [7, 11) is 9.75. The van der Waals surface area contributed by atoms with E-state index in [4.69, 9.17) is 28.4 Å². The molecule has 0 aliphatic heterocycles. The highest BCUT2D eigenvalue weighted by Gasteiger charge is 2.19. The molecule has 0 aromatic heterocycles. The summed E-state index contributed by atoms with van der Waals surface area (Å²) < 4.78 is 31.9. The van der Waals surface area contributed by atoms with Crippen molar-refractivity contribution in [3.8, 4) is 34.5 Å². The van der Waals surface area contributed by atoms with Gasteiger partial charge in [-0.15, -0.1) is 0 Å². The molecule has 0 fully saturated rings. The molecule has 0 aliphatic rings. The molecule has 62 heavy (non-hydrogen) atoms. The Morgan fingerprint density at radius 2 is 0.758 bits per heavy atom. The molecule has 0 heterocycles. The number of nitrogens with one attached hydrogen (secondary N) is 2. The van der Waals surface area contributed by atoms with Crippen molar-refractivity contribution in [2.24, 2.45) is 0 Å². The van der Waals surface area contributed by atoms with E-state index in [1.807, 2.05) is 121 Å². The Bertz CT molecular complexity index is 2100. The molecule has 2 atom stereocenters. The van der Waals surface area contributed by atoms with E-state index in [-0.39, 0.29) is 23.7 Å². The van der Waals surface area contributed by atoms with Gasteiger partial charge in [0.1, 0.15) is 34.5 Å². The maximum atomic E-state index is 12.8. The van der Waals surface area contributed by atoms with Crippen molar-refractivity contribution in [2.75, 3.05) is 42.7 Å². The van der Waals surface area contributed by atoms with Gasteiger partial charge in [0.25, 0.3) is 0 Å². The van der Waals surface area contributed by atoms with Gasteiger partial charge in [-0.3, -0.25) is 9.59 Å². The minimum absolute atomic E-state index is 0.00498. The van der Waals surface area contributed by atoms with Gasteiger partial charge in [0.2, 0.25) is 11.8 Å². The number of carbonyl (C=O) groups excluding carboxylic acids is 2. The van der Waals surface area contributed by atoms with E-state index >= 15 is 0 Å². The summed E-state index contributed by atoms with van der Waals surface area (Å²) in [6, 6.07) is 47.5.